The van der Waals surface area contributed by atoms with Gasteiger partial charge >= 0.3 is 17.9 Å². The monoisotopic (exact) mass is 479 g/mol. The second-order valence-electron chi connectivity index (χ2n) is 6.40. The number of anilines is 1. The van der Waals surface area contributed by atoms with Crippen LogP contribution in [0.2, 0.25) is 0 Å². The normalized spacial score (nSPS) is 10.2. The summed E-state index contributed by atoms with van der Waals surface area (Å²) in [4.78, 5) is 49.0. The number of nitrogens with one attached hydrogen (secondary N) is 1. The Bertz CT molecular complexity index is 1040. The first-order chi connectivity index (χ1) is 15.8. The smallest absolute Gasteiger partial charge is 0.348 e. The summed E-state index contributed by atoms with van der Waals surface area (Å²) >= 11 is 0.857. The highest BCUT2D eigenvalue weighted by molar-refractivity contribution is 7.18. The summed E-state index contributed by atoms with van der Waals surface area (Å²) in [5, 5.41) is 2.56. The second kappa shape index (κ2) is 11.9. The molecule has 0 radical (unpaired) electrons. The molecule has 0 spiro atoms. The zero-order chi connectivity index (χ0) is 24.5. The van der Waals surface area contributed by atoms with Crippen LogP contribution in [0.3, 0.4) is 0 Å². The van der Waals surface area contributed by atoms with Crippen LogP contribution in [-0.2, 0) is 19.0 Å². The first-order valence-electron chi connectivity index (χ1n) is 9.93. The number of rotatable bonds is 10. The first kappa shape index (κ1) is 25.7. The van der Waals surface area contributed by atoms with Crippen LogP contribution in [0.1, 0.15) is 49.8 Å². The van der Waals surface area contributed by atoms with Crippen molar-refractivity contribution in [2.75, 3.05) is 39.4 Å². The molecule has 0 aliphatic heterocycles. The molecule has 11 heteroatoms. The molecule has 0 aliphatic carbocycles. The van der Waals surface area contributed by atoms with E-state index in [0.29, 0.717) is 30.3 Å². The molecule has 1 N–H and O–H groups in total. The molecule has 0 aliphatic rings. The summed E-state index contributed by atoms with van der Waals surface area (Å²) in [7, 11) is 2.38. The van der Waals surface area contributed by atoms with E-state index in [4.69, 9.17) is 23.7 Å². The molecular weight excluding hydrogens is 454 g/mol. The molecule has 2 rings (SSSR count). The van der Waals surface area contributed by atoms with Gasteiger partial charge in [-0.15, -0.1) is 11.3 Å². The maximum absolute atomic E-state index is 12.4. The quantitative estimate of drug-likeness (QED) is 0.404. The van der Waals surface area contributed by atoms with Crippen molar-refractivity contribution in [3.05, 3.63) is 39.8 Å². The van der Waals surface area contributed by atoms with E-state index < -0.39 is 30.4 Å². The molecule has 0 unspecified atom stereocenters. The lowest BCUT2D eigenvalue weighted by atomic mass is 10.1. The highest BCUT2D eigenvalue weighted by Crippen LogP contribution is 2.34. The van der Waals surface area contributed by atoms with Gasteiger partial charge in [-0.25, -0.2) is 14.4 Å². The fraction of sp³-hybridized carbons (Fsp3) is 0.364. The number of carbonyl (C=O) groups is 4. The van der Waals surface area contributed by atoms with Crippen LogP contribution in [-0.4, -0.2) is 57.9 Å². The Morgan fingerprint density at radius 3 is 2.15 bits per heavy atom. The van der Waals surface area contributed by atoms with Gasteiger partial charge in [0.15, 0.2) is 18.1 Å². The van der Waals surface area contributed by atoms with E-state index in [1.807, 2.05) is 6.92 Å². The molecular formula is C22H25NO9S. The Labute approximate surface area is 194 Å². The molecule has 178 valence electrons. The van der Waals surface area contributed by atoms with Gasteiger partial charge in [-0.1, -0.05) is 0 Å². The minimum absolute atomic E-state index is 0.0236. The molecule has 1 amide bonds. The van der Waals surface area contributed by atoms with Gasteiger partial charge in [0, 0.05) is 0 Å². The van der Waals surface area contributed by atoms with E-state index >= 15 is 0 Å². The third-order valence-corrected chi connectivity index (χ3v) is 5.46. The van der Waals surface area contributed by atoms with E-state index in [9.17, 15) is 19.2 Å². The summed E-state index contributed by atoms with van der Waals surface area (Å²) in [5.74, 6) is -1.98. The lowest BCUT2D eigenvalue weighted by Crippen LogP contribution is -2.21. The minimum atomic E-state index is -0.750. The van der Waals surface area contributed by atoms with Crippen LogP contribution < -0.4 is 14.8 Å². The SMILES string of the molecule is CCOc1ccc(C(=O)OCC(=O)Nc2sc(C(=O)OC)c(C)c2C(=O)OC)cc1OCC. The molecule has 0 saturated heterocycles. The fourth-order valence-corrected chi connectivity index (χ4v) is 3.92. The Morgan fingerprint density at radius 2 is 1.55 bits per heavy atom. The third-order valence-electron chi connectivity index (χ3n) is 4.27. The van der Waals surface area contributed by atoms with Gasteiger partial charge in [0.05, 0.1) is 38.6 Å². The van der Waals surface area contributed by atoms with Crippen LogP contribution in [0.15, 0.2) is 18.2 Å². The molecule has 33 heavy (non-hydrogen) atoms. The fourth-order valence-electron chi connectivity index (χ4n) is 2.79. The second-order valence-corrected chi connectivity index (χ2v) is 7.42. The molecule has 0 fully saturated rings. The lowest BCUT2D eigenvalue weighted by molar-refractivity contribution is -0.119. The number of hydrogen-bond acceptors (Lipinski definition) is 10. The van der Waals surface area contributed by atoms with Crippen molar-refractivity contribution < 1.29 is 42.9 Å². The standard InChI is InChI=1S/C22H25NO9S/c1-6-30-14-9-8-13(10-15(14)31-7-2)20(25)32-11-16(24)23-19-17(21(26)28-4)12(3)18(33-19)22(27)29-5/h8-10H,6-7,11H2,1-5H3,(H,23,24). The topological polar surface area (TPSA) is 126 Å². The van der Waals surface area contributed by atoms with Crippen molar-refractivity contribution in [3.63, 3.8) is 0 Å². The van der Waals surface area contributed by atoms with Crippen LogP contribution >= 0.6 is 11.3 Å². The summed E-state index contributed by atoms with van der Waals surface area (Å²) in [6, 6.07) is 4.54. The van der Waals surface area contributed by atoms with E-state index in [0.717, 1.165) is 11.3 Å². The van der Waals surface area contributed by atoms with Crippen molar-refractivity contribution >= 4 is 40.2 Å². The molecule has 1 aromatic heterocycles. The third kappa shape index (κ3) is 6.22. The molecule has 0 saturated carbocycles. The van der Waals surface area contributed by atoms with Gasteiger partial charge in [-0.3, -0.25) is 4.79 Å². The van der Waals surface area contributed by atoms with E-state index in [1.165, 1.54) is 33.3 Å². The summed E-state index contributed by atoms with van der Waals surface area (Å²) in [6.07, 6.45) is 0. The zero-order valence-electron chi connectivity index (χ0n) is 18.9. The number of carbonyl (C=O) groups excluding carboxylic acids is 4. The lowest BCUT2D eigenvalue weighted by Gasteiger charge is -2.12. The molecule has 0 bridgehead atoms. The predicted molar refractivity (Wildman–Crippen MR) is 119 cm³/mol. The van der Waals surface area contributed by atoms with Gasteiger partial charge < -0.3 is 29.0 Å². The number of hydrogen-bond donors (Lipinski definition) is 1. The molecule has 1 aromatic carbocycles. The Morgan fingerprint density at radius 1 is 0.909 bits per heavy atom. The number of methoxy groups -OCH3 is 2. The average Bonchev–Trinajstić information content (AvgIpc) is 3.13. The Balaban J connectivity index is 2.13. The van der Waals surface area contributed by atoms with Crippen LogP contribution in [0.5, 0.6) is 11.5 Å². The maximum Gasteiger partial charge on any atom is 0.348 e. The number of thiophene rings is 1. The zero-order valence-corrected chi connectivity index (χ0v) is 19.8. The first-order valence-corrected chi connectivity index (χ1v) is 10.8. The molecule has 1 heterocycles. The van der Waals surface area contributed by atoms with Gasteiger partial charge in [0.2, 0.25) is 0 Å². The number of esters is 3. The van der Waals surface area contributed by atoms with Gasteiger partial charge in [0.1, 0.15) is 9.88 Å². The largest absolute Gasteiger partial charge is 0.490 e. The number of ether oxygens (including phenoxy) is 5. The summed E-state index contributed by atoms with van der Waals surface area (Å²) in [6.45, 7) is 5.33. The van der Waals surface area contributed by atoms with E-state index in [-0.39, 0.29) is 21.0 Å². The molecule has 2 aromatic rings. The van der Waals surface area contributed by atoms with E-state index in [2.05, 4.69) is 5.32 Å². The highest BCUT2D eigenvalue weighted by atomic mass is 32.1. The Hall–Kier alpha value is -3.60. The van der Waals surface area contributed by atoms with Crippen molar-refractivity contribution in [2.24, 2.45) is 0 Å². The maximum atomic E-state index is 12.4. The minimum Gasteiger partial charge on any atom is -0.490 e. The van der Waals surface area contributed by atoms with Crippen molar-refractivity contribution in [2.45, 2.75) is 20.8 Å². The highest BCUT2D eigenvalue weighted by Gasteiger charge is 2.27. The number of benzene rings is 1. The predicted octanol–water partition coefficient (Wildman–Crippen LogP) is 3.22. The van der Waals surface area contributed by atoms with Crippen LogP contribution in [0.25, 0.3) is 0 Å². The van der Waals surface area contributed by atoms with E-state index in [1.54, 1.807) is 13.0 Å². The number of amides is 1. The summed E-state index contributed by atoms with van der Waals surface area (Å²) in [5.41, 5.74) is 0.504. The van der Waals surface area contributed by atoms with Gasteiger partial charge in [-0.2, -0.15) is 0 Å². The molecule has 10 nitrogen and oxygen atoms in total. The summed E-state index contributed by atoms with van der Waals surface area (Å²) < 4.78 is 25.4. The van der Waals surface area contributed by atoms with Crippen molar-refractivity contribution in [1.82, 2.24) is 0 Å². The van der Waals surface area contributed by atoms with Crippen molar-refractivity contribution in [3.8, 4) is 11.5 Å². The average molecular weight is 480 g/mol. The van der Waals surface area contributed by atoms with Crippen molar-refractivity contribution in [1.29, 1.82) is 0 Å². The molecule has 0 atom stereocenters. The van der Waals surface area contributed by atoms with Crippen LogP contribution in [0, 0.1) is 6.92 Å². The Kier molecular flexibility index (Phi) is 9.22. The van der Waals surface area contributed by atoms with Gasteiger partial charge in [0.25, 0.3) is 5.91 Å². The van der Waals surface area contributed by atoms with Crippen LogP contribution in [0.4, 0.5) is 5.00 Å². The van der Waals surface area contributed by atoms with Gasteiger partial charge in [-0.05, 0) is 44.5 Å².